The predicted octanol–water partition coefficient (Wildman–Crippen LogP) is 2.24. The molecule has 0 spiro atoms. The molecular formula is C14H18ClN5O. The van der Waals surface area contributed by atoms with Gasteiger partial charge in [-0.25, -0.2) is 0 Å². The van der Waals surface area contributed by atoms with Crippen LogP contribution in [0.3, 0.4) is 0 Å². The van der Waals surface area contributed by atoms with Gasteiger partial charge >= 0.3 is 0 Å². The van der Waals surface area contributed by atoms with Crippen molar-refractivity contribution < 1.29 is 4.74 Å². The summed E-state index contributed by atoms with van der Waals surface area (Å²) >= 11 is 5.96. The van der Waals surface area contributed by atoms with E-state index in [1.54, 1.807) is 12.0 Å². The second kappa shape index (κ2) is 6.58. The van der Waals surface area contributed by atoms with Gasteiger partial charge in [-0.15, -0.1) is 0 Å². The topological polar surface area (TPSA) is 54.4 Å². The summed E-state index contributed by atoms with van der Waals surface area (Å²) in [6, 6.07) is 7.84. The highest BCUT2D eigenvalue weighted by Crippen LogP contribution is 2.21. The summed E-state index contributed by atoms with van der Waals surface area (Å²) in [4.78, 5) is 16.3. The van der Waals surface area contributed by atoms with Gasteiger partial charge in [-0.3, -0.25) is 0 Å². The molecule has 1 aromatic carbocycles. The van der Waals surface area contributed by atoms with Crippen LogP contribution in [0.1, 0.15) is 5.56 Å². The zero-order valence-corrected chi connectivity index (χ0v) is 13.3. The number of anilines is 2. The molecule has 1 heterocycles. The van der Waals surface area contributed by atoms with Crippen LogP contribution in [0.4, 0.5) is 11.9 Å². The Hall–Kier alpha value is -2.08. The van der Waals surface area contributed by atoms with Crippen LogP contribution in [0.2, 0.25) is 5.28 Å². The van der Waals surface area contributed by atoms with Gasteiger partial charge in [0.25, 0.3) is 0 Å². The summed E-state index contributed by atoms with van der Waals surface area (Å²) in [5.74, 6) is 1.87. The lowest BCUT2D eigenvalue weighted by Gasteiger charge is -2.20. The Morgan fingerprint density at radius 1 is 1.05 bits per heavy atom. The quantitative estimate of drug-likeness (QED) is 0.844. The number of rotatable bonds is 5. The van der Waals surface area contributed by atoms with E-state index in [-0.39, 0.29) is 5.28 Å². The first-order valence-corrected chi connectivity index (χ1v) is 6.81. The van der Waals surface area contributed by atoms with Crippen LogP contribution in [0.5, 0.6) is 5.75 Å². The molecule has 0 bridgehead atoms. The van der Waals surface area contributed by atoms with Gasteiger partial charge in [-0.05, 0) is 17.7 Å². The number of aromatic nitrogens is 3. The van der Waals surface area contributed by atoms with E-state index in [9.17, 15) is 0 Å². The van der Waals surface area contributed by atoms with Crippen LogP contribution in [0.25, 0.3) is 0 Å². The SMILES string of the molecule is COc1ccccc1CN(C)c1nc(Cl)nc(N(C)C)n1. The normalized spacial score (nSPS) is 10.3. The van der Waals surface area contributed by atoms with Crippen LogP contribution in [0.15, 0.2) is 24.3 Å². The molecule has 6 nitrogen and oxygen atoms in total. The molecule has 0 radical (unpaired) electrons. The molecule has 0 atom stereocenters. The molecule has 0 aliphatic heterocycles. The van der Waals surface area contributed by atoms with Crippen molar-refractivity contribution in [2.75, 3.05) is 38.1 Å². The Morgan fingerprint density at radius 2 is 1.71 bits per heavy atom. The molecule has 0 fully saturated rings. The van der Waals surface area contributed by atoms with Gasteiger partial charge in [-0.2, -0.15) is 15.0 Å². The summed E-state index contributed by atoms with van der Waals surface area (Å²) in [5, 5.41) is 0.176. The fraction of sp³-hybridized carbons (Fsp3) is 0.357. The van der Waals surface area contributed by atoms with Crippen molar-refractivity contribution in [3.63, 3.8) is 0 Å². The van der Waals surface area contributed by atoms with Gasteiger partial charge in [0.2, 0.25) is 17.2 Å². The second-order valence-corrected chi connectivity index (χ2v) is 5.10. The van der Waals surface area contributed by atoms with Gasteiger partial charge < -0.3 is 14.5 Å². The summed E-state index contributed by atoms with van der Waals surface area (Å²) in [7, 11) is 7.27. The number of ether oxygens (including phenoxy) is 1. The molecular weight excluding hydrogens is 290 g/mol. The largest absolute Gasteiger partial charge is 0.496 e. The van der Waals surface area contributed by atoms with Gasteiger partial charge in [0, 0.05) is 33.3 Å². The van der Waals surface area contributed by atoms with E-state index in [0.717, 1.165) is 11.3 Å². The van der Waals surface area contributed by atoms with Gasteiger partial charge in [0.1, 0.15) is 5.75 Å². The number of methoxy groups -OCH3 is 1. The standard InChI is InChI=1S/C14H18ClN5O/c1-19(2)13-16-12(15)17-14(18-13)20(3)9-10-7-5-6-8-11(10)21-4/h5-8H,9H2,1-4H3. The number of hydrogen-bond acceptors (Lipinski definition) is 6. The van der Waals surface area contributed by atoms with Crippen molar-refractivity contribution in [2.45, 2.75) is 6.54 Å². The van der Waals surface area contributed by atoms with Crippen LogP contribution < -0.4 is 14.5 Å². The fourth-order valence-electron chi connectivity index (χ4n) is 1.86. The first-order valence-electron chi connectivity index (χ1n) is 6.43. The van der Waals surface area contributed by atoms with E-state index in [1.165, 1.54) is 0 Å². The molecule has 0 unspecified atom stereocenters. The third-order valence-electron chi connectivity index (χ3n) is 2.93. The van der Waals surface area contributed by atoms with Crippen LogP contribution in [0, 0.1) is 0 Å². The molecule has 2 rings (SSSR count). The van der Waals surface area contributed by atoms with Crippen molar-refractivity contribution in [1.82, 2.24) is 15.0 Å². The maximum Gasteiger partial charge on any atom is 0.231 e. The van der Waals surface area contributed by atoms with Crippen LogP contribution in [-0.2, 0) is 6.54 Å². The minimum atomic E-state index is 0.176. The average molecular weight is 308 g/mol. The molecule has 7 heteroatoms. The van der Waals surface area contributed by atoms with Crippen molar-refractivity contribution in [1.29, 1.82) is 0 Å². The van der Waals surface area contributed by atoms with Crippen molar-refractivity contribution in [3.8, 4) is 5.75 Å². The highest BCUT2D eigenvalue weighted by Gasteiger charge is 2.12. The molecule has 0 aliphatic carbocycles. The first-order chi connectivity index (χ1) is 10.0. The lowest BCUT2D eigenvalue weighted by Crippen LogP contribution is -2.22. The van der Waals surface area contributed by atoms with Crippen molar-refractivity contribution >= 4 is 23.5 Å². The lowest BCUT2D eigenvalue weighted by molar-refractivity contribution is 0.409. The van der Waals surface area contributed by atoms with Gasteiger partial charge in [0.05, 0.1) is 7.11 Å². The van der Waals surface area contributed by atoms with E-state index in [2.05, 4.69) is 15.0 Å². The first kappa shape index (κ1) is 15.3. The summed E-state index contributed by atoms with van der Waals surface area (Å²) in [6.45, 7) is 0.608. The third kappa shape index (κ3) is 3.72. The number of hydrogen-bond donors (Lipinski definition) is 0. The van der Waals surface area contributed by atoms with E-state index in [0.29, 0.717) is 18.4 Å². The van der Waals surface area contributed by atoms with E-state index >= 15 is 0 Å². The molecule has 2 aromatic rings. The summed E-state index contributed by atoms with van der Waals surface area (Å²) in [5.41, 5.74) is 1.05. The van der Waals surface area contributed by atoms with Crippen molar-refractivity contribution in [3.05, 3.63) is 35.1 Å². The number of benzene rings is 1. The predicted molar refractivity (Wildman–Crippen MR) is 84.3 cm³/mol. The Kier molecular flexibility index (Phi) is 4.80. The minimum absolute atomic E-state index is 0.176. The van der Waals surface area contributed by atoms with Gasteiger partial charge in [0.15, 0.2) is 0 Å². The Balaban J connectivity index is 2.26. The molecule has 0 aliphatic rings. The van der Waals surface area contributed by atoms with Crippen LogP contribution in [-0.4, -0.2) is 43.2 Å². The van der Waals surface area contributed by atoms with Gasteiger partial charge in [-0.1, -0.05) is 18.2 Å². The zero-order valence-electron chi connectivity index (χ0n) is 12.5. The highest BCUT2D eigenvalue weighted by molar-refractivity contribution is 6.28. The minimum Gasteiger partial charge on any atom is -0.496 e. The Labute approximate surface area is 129 Å². The molecule has 0 saturated carbocycles. The monoisotopic (exact) mass is 307 g/mol. The molecule has 0 amide bonds. The fourth-order valence-corrected chi connectivity index (χ4v) is 2.01. The highest BCUT2D eigenvalue weighted by atomic mass is 35.5. The smallest absolute Gasteiger partial charge is 0.231 e. The maximum absolute atomic E-state index is 5.96. The van der Waals surface area contributed by atoms with E-state index in [1.807, 2.05) is 50.3 Å². The Morgan fingerprint density at radius 3 is 2.38 bits per heavy atom. The van der Waals surface area contributed by atoms with Crippen LogP contribution >= 0.6 is 11.6 Å². The van der Waals surface area contributed by atoms with E-state index < -0.39 is 0 Å². The molecule has 1 aromatic heterocycles. The Bertz CT molecular complexity index is 620. The maximum atomic E-state index is 5.96. The molecule has 0 N–H and O–H groups in total. The number of para-hydroxylation sites is 1. The molecule has 21 heavy (non-hydrogen) atoms. The summed E-state index contributed by atoms with van der Waals surface area (Å²) < 4.78 is 5.35. The zero-order chi connectivity index (χ0) is 15.4. The third-order valence-corrected chi connectivity index (χ3v) is 3.10. The second-order valence-electron chi connectivity index (χ2n) is 4.77. The molecule has 0 saturated heterocycles. The van der Waals surface area contributed by atoms with Crippen molar-refractivity contribution in [2.24, 2.45) is 0 Å². The average Bonchev–Trinajstić information content (AvgIpc) is 2.47. The summed E-state index contributed by atoms with van der Waals surface area (Å²) in [6.07, 6.45) is 0. The molecule has 112 valence electrons. The lowest BCUT2D eigenvalue weighted by atomic mass is 10.2. The van der Waals surface area contributed by atoms with E-state index in [4.69, 9.17) is 16.3 Å². The number of nitrogens with zero attached hydrogens (tertiary/aromatic N) is 5. The number of halogens is 1.